The summed E-state index contributed by atoms with van der Waals surface area (Å²) in [6.45, 7) is 4.68. The van der Waals surface area contributed by atoms with Crippen LogP contribution < -0.4 is 4.72 Å². The van der Waals surface area contributed by atoms with Crippen LogP contribution in [0.1, 0.15) is 26.3 Å². The van der Waals surface area contributed by atoms with Crippen molar-refractivity contribution in [3.05, 3.63) is 29.6 Å². The Kier molecular flexibility index (Phi) is 4.69. The van der Waals surface area contributed by atoms with E-state index in [4.69, 9.17) is 5.11 Å². The Labute approximate surface area is 112 Å². The Morgan fingerprint density at radius 2 is 2.00 bits per heavy atom. The molecule has 0 aliphatic rings. The molecule has 2 N–H and O–H groups in total. The Morgan fingerprint density at radius 1 is 1.37 bits per heavy atom. The first-order chi connectivity index (χ1) is 8.65. The molecule has 19 heavy (non-hydrogen) atoms. The van der Waals surface area contributed by atoms with E-state index in [0.717, 1.165) is 18.2 Å². The van der Waals surface area contributed by atoms with Gasteiger partial charge in [-0.25, -0.2) is 17.5 Å². The number of halogens is 1. The Balaban J connectivity index is 3.34. The minimum Gasteiger partial charge on any atom is -0.384 e. The highest BCUT2D eigenvalue weighted by molar-refractivity contribution is 7.89. The van der Waals surface area contributed by atoms with Crippen molar-refractivity contribution in [2.75, 3.05) is 6.61 Å². The molecule has 1 aromatic rings. The second-order valence-corrected chi connectivity index (χ2v) is 6.61. The van der Waals surface area contributed by atoms with Crippen molar-refractivity contribution in [1.29, 1.82) is 0 Å². The van der Waals surface area contributed by atoms with Gasteiger partial charge in [0, 0.05) is 11.1 Å². The van der Waals surface area contributed by atoms with E-state index in [9.17, 15) is 12.8 Å². The summed E-state index contributed by atoms with van der Waals surface area (Å²) in [4.78, 5) is -0.107. The monoisotopic (exact) mass is 285 g/mol. The molecule has 0 fully saturated rings. The van der Waals surface area contributed by atoms with Gasteiger partial charge < -0.3 is 5.11 Å². The highest BCUT2D eigenvalue weighted by Gasteiger charge is 2.24. The number of nitrogens with one attached hydrogen (secondary N) is 1. The topological polar surface area (TPSA) is 66.4 Å². The van der Waals surface area contributed by atoms with Crippen molar-refractivity contribution in [2.24, 2.45) is 0 Å². The molecule has 0 aliphatic carbocycles. The van der Waals surface area contributed by atoms with Crippen molar-refractivity contribution in [3.8, 4) is 11.8 Å². The third-order valence-electron chi connectivity index (χ3n) is 1.97. The first-order valence-electron chi connectivity index (χ1n) is 5.59. The number of aliphatic hydroxyl groups is 1. The van der Waals surface area contributed by atoms with Gasteiger partial charge in [0.05, 0.1) is 4.90 Å². The maximum atomic E-state index is 13.2. The lowest BCUT2D eigenvalue weighted by molar-refractivity contribution is 0.350. The number of hydrogen-bond acceptors (Lipinski definition) is 3. The number of rotatable bonds is 2. The molecule has 0 saturated heterocycles. The molecule has 0 aromatic heterocycles. The summed E-state index contributed by atoms with van der Waals surface area (Å²) in [5, 5.41) is 8.64. The molecule has 1 aromatic carbocycles. The van der Waals surface area contributed by atoms with E-state index in [-0.39, 0.29) is 10.5 Å². The zero-order valence-electron chi connectivity index (χ0n) is 11.0. The quantitative estimate of drug-likeness (QED) is 0.804. The zero-order valence-corrected chi connectivity index (χ0v) is 11.8. The molecule has 4 nitrogen and oxygen atoms in total. The van der Waals surface area contributed by atoms with Crippen LogP contribution in [-0.4, -0.2) is 25.7 Å². The van der Waals surface area contributed by atoms with Crippen LogP contribution in [0.3, 0.4) is 0 Å². The summed E-state index contributed by atoms with van der Waals surface area (Å²) < 4.78 is 40.0. The van der Waals surface area contributed by atoms with Gasteiger partial charge in [-0.1, -0.05) is 11.8 Å². The number of aliphatic hydroxyl groups excluding tert-OH is 1. The summed E-state index contributed by atoms with van der Waals surface area (Å²) in [6.07, 6.45) is 0. The smallest absolute Gasteiger partial charge is 0.242 e. The minimum absolute atomic E-state index is 0.0193. The minimum atomic E-state index is -3.80. The van der Waals surface area contributed by atoms with Crippen LogP contribution in [0.5, 0.6) is 0 Å². The molecule has 0 saturated carbocycles. The van der Waals surface area contributed by atoms with Crippen LogP contribution in [0.4, 0.5) is 4.39 Å². The van der Waals surface area contributed by atoms with E-state index in [1.807, 2.05) is 0 Å². The first-order valence-corrected chi connectivity index (χ1v) is 7.07. The predicted octanol–water partition coefficient (Wildman–Crippen LogP) is 1.25. The molecule has 0 heterocycles. The fraction of sp³-hybridized carbons (Fsp3) is 0.385. The molecular formula is C13H16FNO3S. The molecule has 0 bridgehead atoms. The van der Waals surface area contributed by atoms with Crippen molar-refractivity contribution < 1.29 is 17.9 Å². The van der Waals surface area contributed by atoms with E-state index in [1.54, 1.807) is 20.8 Å². The third-order valence-corrected chi connectivity index (χ3v) is 3.79. The molecule has 104 valence electrons. The number of sulfonamides is 1. The first kappa shape index (κ1) is 15.6. The Hall–Kier alpha value is -1.42. The summed E-state index contributed by atoms with van der Waals surface area (Å²) >= 11 is 0. The molecule has 0 aliphatic heterocycles. The second-order valence-electron chi connectivity index (χ2n) is 4.96. The van der Waals surface area contributed by atoms with Crippen molar-refractivity contribution in [1.82, 2.24) is 4.72 Å². The van der Waals surface area contributed by atoms with Crippen LogP contribution in [0.15, 0.2) is 23.1 Å². The van der Waals surface area contributed by atoms with Gasteiger partial charge in [-0.15, -0.1) is 0 Å². The lowest BCUT2D eigenvalue weighted by Crippen LogP contribution is -2.40. The Morgan fingerprint density at radius 3 is 2.53 bits per heavy atom. The average molecular weight is 285 g/mol. The van der Waals surface area contributed by atoms with Gasteiger partial charge in [-0.3, -0.25) is 0 Å². The second kappa shape index (κ2) is 5.70. The SMILES string of the molecule is CC(C)(C)NS(=O)(=O)c1ccc(F)cc1C#CCO. The summed E-state index contributed by atoms with van der Waals surface area (Å²) in [5.41, 5.74) is -0.639. The van der Waals surface area contributed by atoms with Gasteiger partial charge in [-0.05, 0) is 39.0 Å². The van der Waals surface area contributed by atoms with Crippen molar-refractivity contribution >= 4 is 10.0 Å². The standard InChI is InChI=1S/C13H16FNO3S/c1-13(2,3)15-19(17,18)12-7-6-11(14)9-10(12)5-4-8-16/h6-7,9,15-16H,8H2,1-3H3. The van der Waals surface area contributed by atoms with Gasteiger partial charge in [0.15, 0.2) is 0 Å². The van der Waals surface area contributed by atoms with E-state index >= 15 is 0 Å². The van der Waals surface area contributed by atoms with Gasteiger partial charge in [0.2, 0.25) is 10.0 Å². The number of benzene rings is 1. The largest absolute Gasteiger partial charge is 0.384 e. The summed E-state index contributed by atoms with van der Waals surface area (Å²) in [6, 6.07) is 3.24. The van der Waals surface area contributed by atoms with Gasteiger partial charge in [0.25, 0.3) is 0 Å². The molecule has 6 heteroatoms. The molecule has 0 radical (unpaired) electrons. The van der Waals surface area contributed by atoms with Gasteiger partial charge >= 0.3 is 0 Å². The van der Waals surface area contributed by atoms with E-state index in [1.165, 1.54) is 0 Å². The van der Waals surface area contributed by atoms with Crippen LogP contribution in [0.25, 0.3) is 0 Å². The maximum absolute atomic E-state index is 13.2. The molecule has 1 rings (SSSR count). The predicted molar refractivity (Wildman–Crippen MR) is 70.4 cm³/mol. The average Bonchev–Trinajstić information content (AvgIpc) is 2.22. The highest BCUT2D eigenvalue weighted by atomic mass is 32.2. The van der Waals surface area contributed by atoms with Gasteiger partial charge in [0.1, 0.15) is 12.4 Å². The van der Waals surface area contributed by atoms with Crippen molar-refractivity contribution in [3.63, 3.8) is 0 Å². The molecular weight excluding hydrogens is 269 g/mol. The fourth-order valence-corrected chi connectivity index (χ4v) is 2.99. The number of hydrogen-bond donors (Lipinski definition) is 2. The van der Waals surface area contributed by atoms with Crippen LogP contribution in [-0.2, 0) is 10.0 Å². The van der Waals surface area contributed by atoms with Crippen LogP contribution in [0, 0.1) is 17.7 Å². The molecule has 0 atom stereocenters. The van der Waals surface area contributed by atoms with Gasteiger partial charge in [-0.2, -0.15) is 0 Å². The molecule has 0 unspecified atom stereocenters. The normalized spacial score (nSPS) is 11.8. The fourth-order valence-electron chi connectivity index (χ4n) is 1.43. The summed E-state index contributed by atoms with van der Waals surface area (Å²) in [7, 11) is -3.80. The maximum Gasteiger partial charge on any atom is 0.242 e. The highest BCUT2D eigenvalue weighted by Crippen LogP contribution is 2.18. The molecule has 0 amide bonds. The van der Waals surface area contributed by atoms with Crippen LogP contribution >= 0.6 is 0 Å². The Bertz CT molecular complexity index is 622. The van der Waals surface area contributed by atoms with Crippen LogP contribution in [0.2, 0.25) is 0 Å². The van der Waals surface area contributed by atoms with E-state index in [2.05, 4.69) is 16.6 Å². The van der Waals surface area contributed by atoms with E-state index < -0.39 is 28.0 Å². The molecule has 0 spiro atoms. The third kappa shape index (κ3) is 4.63. The van der Waals surface area contributed by atoms with Crippen molar-refractivity contribution in [2.45, 2.75) is 31.2 Å². The zero-order chi connectivity index (χ0) is 14.7. The van der Waals surface area contributed by atoms with E-state index in [0.29, 0.717) is 0 Å². The lowest BCUT2D eigenvalue weighted by Gasteiger charge is -2.20. The summed E-state index contributed by atoms with van der Waals surface area (Å²) in [5.74, 6) is 4.16. The lowest BCUT2D eigenvalue weighted by atomic mass is 10.1.